The third-order valence-electron chi connectivity index (χ3n) is 4.84. The van der Waals surface area contributed by atoms with E-state index in [1.807, 2.05) is 32.2 Å². The fourth-order valence-corrected chi connectivity index (χ4v) is 2.91. The molecular formula is C20H22N8O2. The van der Waals surface area contributed by atoms with Crippen molar-refractivity contribution in [3.63, 3.8) is 0 Å². The molecule has 0 atom stereocenters. The highest BCUT2D eigenvalue weighted by molar-refractivity contribution is 5.57. The van der Waals surface area contributed by atoms with E-state index < -0.39 is 5.41 Å². The number of pyridine rings is 1. The number of hydrogen-bond donors (Lipinski definition) is 1. The Kier molecular flexibility index (Phi) is 5.23. The van der Waals surface area contributed by atoms with Crippen molar-refractivity contribution in [2.75, 3.05) is 19.5 Å². The summed E-state index contributed by atoms with van der Waals surface area (Å²) >= 11 is 0. The zero-order valence-electron chi connectivity index (χ0n) is 17.0. The largest absolute Gasteiger partial charge is 0.383 e. The number of ether oxygens (including phenoxy) is 1. The van der Waals surface area contributed by atoms with E-state index in [9.17, 15) is 0 Å². The zero-order chi connectivity index (χ0) is 21.1. The lowest BCUT2D eigenvalue weighted by atomic mass is 9.85. The van der Waals surface area contributed by atoms with Gasteiger partial charge in [0.1, 0.15) is 0 Å². The van der Waals surface area contributed by atoms with E-state index >= 15 is 0 Å². The average molecular weight is 406 g/mol. The van der Waals surface area contributed by atoms with E-state index in [2.05, 4.69) is 30.2 Å². The van der Waals surface area contributed by atoms with Gasteiger partial charge in [-0.05, 0) is 25.5 Å². The van der Waals surface area contributed by atoms with Crippen LogP contribution >= 0.6 is 0 Å². The van der Waals surface area contributed by atoms with E-state index in [-0.39, 0.29) is 5.95 Å². The molecule has 0 unspecified atom stereocenters. The van der Waals surface area contributed by atoms with Gasteiger partial charge < -0.3 is 15.0 Å². The summed E-state index contributed by atoms with van der Waals surface area (Å²) in [6.45, 7) is 5.27. The predicted octanol–water partition coefficient (Wildman–Crippen LogP) is 2.34. The van der Waals surface area contributed by atoms with Crippen LogP contribution in [0.25, 0.3) is 22.7 Å². The maximum atomic E-state index is 5.54. The molecule has 0 aliphatic rings. The summed E-state index contributed by atoms with van der Waals surface area (Å²) in [6.07, 6.45) is 8.64. The highest BCUT2D eigenvalue weighted by Gasteiger charge is 2.30. The Morgan fingerprint density at radius 3 is 2.57 bits per heavy atom. The standard InChI is InChI=1S/C20H22N8O2/c1-20(2,15-4-5-16(22-11-15)13-8-23-19(21)24-9-13)18-26-17(30-27-18)14-10-25-28(12-14)6-7-29-3/h4-5,8-12H,6-7H2,1-3H3,(H2,21,23,24). The smallest absolute Gasteiger partial charge is 0.261 e. The summed E-state index contributed by atoms with van der Waals surface area (Å²) in [5.41, 5.74) is 8.30. The van der Waals surface area contributed by atoms with Gasteiger partial charge >= 0.3 is 0 Å². The summed E-state index contributed by atoms with van der Waals surface area (Å²) in [4.78, 5) is 17.1. The van der Waals surface area contributed by atoms with E-state index in [4.69, 9.17) is 15.0 Å². The molecule has 0 bridgehead atoms. The average Bonchev–Trinajstić information content (AvgIpc) is 3.43. The van der Waals surface area contributed by atoms with Gasteiger partial charge in [0.25, 0.3) is 5.89 Å². The lowest BCUT2D eigenvalue weighted by Gasteiger charge is -2.20. The van der Waals surface area contributed by atoms with Crippen LogP contribution in [0.2, 0.25) is 0 Å². The van der Waals surface area contributed by atoms with E-state index in [0.717, 1.165) is 22.4 Å². The monoisotopic (exact) mass is 406 g/mol. The minimum absolute atomic E-state index is 0.230. The number of aromatic nitrogens is 7. The molecule has 4 rings (SSSR count). The maximum Gasteiger partial charge on any atom is 0.261 e. The third kappa shape index (κ3) is 3.90. The van der Waals surface area contributed by atoms with Gasteiger partial charge in [-0.3, -0.25) is 9.67 Å². The number of anilines is 1. The molecule has 0 aromatic carbocycles. The second-order valence-corrected chi connectivity index (χ2v) is 7.30. The minimum Gasteiger partial charge on any atom is -0.383 e. The summed E-state index contributed by atoms with van der Waals surface area (Å²) in [5.74, 6) is 1.21. The fraction of sp³-hybridized carbons (Fsp3) is 0.300. The van der Waals surface area contributed by atoms with Crippen LogP contribution in [-0.4, -0.2) is 48.6 Å². The molecule has 4 aromatic rings. The van der Waals surface area contributed by atoms with E-state index in [1.165, 1.54) is 0 Å². The first-order valence-electron chi connectivity index (χ1n) is 9.38. The summed E-state index contributed by atoms with van der Waals surface area (Å²) < 4.78 is 12.3. The Bertz CT molecular complexity index is 1120. The molecule has 0 saturated heterocycles. The van der Waals surface area contributed by atoms with Crippen molar-refractivity contribution in [3.05, 3.63) is 54.5 Å². The number of nitrogens with two attached hydrogens (primary N) is 1. The molecule has 30 heavy (non-hydrogen) atoms. The molecule has 10 heteroatoms. The van der Waals surface area contributed by atoms with Crippen molar-refractivity contribution in [2.45, 2.75) is 25.8 Å². The summed E-state index contributed by atoms with van der Waals surface area (Å²) in [7, 11) is 1.65. The van der Waals surface area contributed by atoms with Crippen molar-refractivity contribution in [1.82, 2.24) is 34.9 Å². The Labute approximate surface area is 173 Å². The lowest BCUT2D eigenvalue weighted by molar-refractivity contribution is 0.183. The van der Waals surface area contributed by atoms with E-state index in [1.54, 1.807) is 36.6 Å². The van der Waals surface area contributed by atoms with Gasteiger partial charge in [-0.1, -0.05) is 11.2 Å². The van der Waals surface area contributed by atoms with Crippen LogP contribution in [0.5, 0.6) is 0 Å². The first-order valence-corrected chi connectivity index (χ1v) is 9.38. The van der Waals surface area contributed by atoms with Crippen molar-refractivity contribution in [1.29, 1.82) is 0 Å². The molecule has 0 aliphatic heterocycles. The van der Waals surface area contributed by atoms with Gasteiger partial charge in [-0.25, -0.2) is 9.97 Å². The van der Waals surface area contributed by atoms with Gasteiger partial charge in [0.05, 0.1) is 36.0 Å². The number of hydrogen-bond acceptors (Lipinski definition) is 9. The molecule has 4 aromatic heterocycles. The number of nitrogen functional groups attached to an aromatic ring is 1. The topological polar surface area (TPSA) is 131 Å². The van der Waals surface area contributed by atoms with Gasteiger partial charge in [0.15, 0.2) is 5.82 Å². The number of nitrogens with zero attached hydrogens (tertiary/aromatic N) is 7. The summed E-state index contributed by atoms with van der Waals surface area (Å²) in [6, 6.07) is 3.89. The molecule has 0 aliphatic carbocycles. The Morgan fingerprint density at radius 2 is 1.87 bits per heavy atom. The van der Waals surface area contributed by atoms with Crippen LogP contribution in [0.1, 0.15) is 25.2 Å². The predicted molar refractivity (Wildman–Crippen MR) is 109 cm³/mol. The molecule has 2 N–H and O–H groups in total. The normalized spacial score (nSPS) is 11.7. The fourth-order valence-electron chi connectivity index (χ4n) is 2.91. The first-order chi connectivity index (χ1) is 14.5. The molecule has 0 fully saturated rings. The second kappa shape index (κ2) is 7.99. The van der Waals surface area contributed by atoms with Crippen molar-refractivity contribution < 1.29 is 9.26 Å². The third-order valence-corrected chi connectivity index (χ3v) is 4.84. The molecule has 10 nitrogen and oxygen atoms in total. The molecule has 154 valence electrons. The van der Waals surface area contributed by atoms with Gasteiger partial charge in [-0.2, -0.15) is 10.1 Å². The molecule has 0 radical (unpaired) electrons. The summed E-state index contributed by atoms with van der Waals surface area (Å²) in [5, 5.41) is 8.48. The van der Waals surface area contributed by atoms with Crippen LogP contribution in [0.15, 0.2) is 47.6 Å². The lowest BCUT2D eigenvalue weighted by Crippen LogP contribution is -2.21. The highest BCUT2D eigenvalue weighted by Crippen LogP contribution is 2.31. The number of rotatable bonds is 7. The van der Waals surface area contributed by atoms with Crippen LogP contribution in [0.4, 0.5) is 5.95 Å². The molecule has 0 spiro atoms. The van der Waals surface area contributed by atoms with Gasteiger partial charge in [0, 0.05) is 37.5 Å². The quantitative estimate of drug-likeness (QED) is 0.491. The minimum atomic E-state index is -0.503. The van der Waals surface area contributed by atoms with Gasteiger partial charge in [-0.15, -0.1) is 0 Å². The highest BCUT2D eigenvalue weighted by atomic mass is 16.5. The van der Waals surface area contributed by atoms with Crippen LogP contribution in [-0.2, 0) is 16.7 Å². The van der Waals surface area contributed by atoms with Gasteiger partial charge in [0.2, 0.25) is 5.95 Å². The Balaban J connectivity index is 1.55. The van der Waals surface area contributed by atoms with E-state index in [0.29, 0.717) is 24.9 Å². The van der Waals surface area contributed by atoms with Crippen molar-refractivity contribution >= 4 is 5.95 Å². The SMILES string of the molecule is COCCn1cc(-c2nc(C(C)(C)c3ccc(-c4cnc(N)nc4)nc3)no2)cn1. The number of methoxy groups -OCH3 is 1. The molecule has 0 amide bonds. The van der Waals surface area contributed by atoms with Crippen molar-refractivity contribution in [3.8, 4) is 22.7 Å². The maximum absolute atomic E-state index is 5.54. The molecule has 0 saturated carbocycles. The van der Waals surface area contributed by atoms with Crippen molar-refractivity contribution in [2.24, 2.45) is 0 Å². The Hall–Kier alpha value is -3.66. The van der Waals surface area contributed by atoms with Crippen LogP contribution in [0, 0.1) is 0 Å². The van der Waals surface area contributed by atoms with Crippen LogP contribution < -0.4 is 5.73 Å². The molecule has 4 heterocycles. The Morgan fingerprint density at radius 1 is 1.07 bits per heavy atom. The zero-order valence-corrected chi connectivity index (χ0v) is 17.0. The second-order valence-electron chi connectivity index (χ2n) is 7.30. The van der Waals surface area contributed by atoms with Crippen LogP contribution in [0.3, 0.4) is 0 Å². The first kappa shape index (κ1) is 19.6. The molecular weight excluding hydrogens is 384 g/mol.